The van der Waals surface area contributed by atoms with E-state index in [9.17, 15) is 8.78 Å². The third-order valence-electron chi connectivity index (χ3n) is 1.43. The zero-order chi connectivity index (χ0) is 8.91. The summed E-state index contributed by atoms with van der Waals surface area (Å²) >= 11 is 0. The smallest absolute Gasteiger partial charge is 0.262 e. The number of rotatable bonds is 1. The molecule has 66 valence electrons. The van der Waals surface area contributed by atoms with E-state index in [2.05, 4.69) is 11.9 Å². The summed E-state index contributed by atoms with van der Waals surface area (Å²) in [4.78, 5) is 0. The van der Waals surface area contributed by atoms with Gasteiger partial charge in [-0.15, -0.1) is 6.58 Å². The molecule has 1 aliphatic rings. The van der Waals surface area contributed by atoms with Crippen molar-refractivity contribution in [1.82, 2.24) is 5.32 Å². The van der Waals surface area contributed by atoms with Crippen LogP contribution in [0.4, 0.5) is 8.78 Å². The Morgan fingerprint density at radius 2 is 2.09 bits per heavy atom. The van der Waals surface area contributed by atoms with Gasteiger partial charge in [0.1, 0.15) is 0 Å². The van der Waals surface area contributed by atoms with Crippen LogP contribution < -0.4 is 5.32 Å². The minimum absolute atomic E-state index is 0.101. The molecule has 1 aliphatic heterocycles. The Bertz CT molecular complexity index is 123. The van der Waals surface area contributed by atoms with Crippen LogP contribution in [-0.2, 0) is 0 Å². The monoisotopic (exact) mass is 163 g/mol. The molecule has 1 atom stereocenters. The van der Waals surface area contributed by atoms with E-state index in [-0.39, 0.29) is 19.0 Å². The zero-order valence-electron chi connectivity index (χ0n) is 7.03. The predicted molar refractivity (Wildman–Crippen MR) is 42.9 cm³/mol. The van der Waals surface area contributed by atoms with Crippen molar-refractivity contribution in [3.63, 3.8) is 0 Å². The Morgan fingerprint density at radius 3 is 2.27 bits per heavy atom. The first-order valence-electron chi connectivity index (χ1n) is 3.88. The average molecular weight is 163 g/mol. The van der Waals surface area contributed by atoms with Gasteiger partial charge in [0.2, 0.25) is 0 Å². The molecule has 1 saturated heterocycles. The summed E-state index contributed by atoms with van der Waals surface area (Å²) in [6, 6.07) is -0.194. The molecule has 0 aromatic heterocycles. The van der Waals surface area contributed by atoms with E-state index in [1.807, 2.05) is 13.8 Å². The van der Waals surface area contributed by atoms with Crippen molar-refractivity contribution in [2.75, 3.05) is 6.54 Å². The van der Waals surface area contributed by atoms with Gasteiger partial charge >= 0.3 is 0 Å². The molecule has 1 fully saturated rings. The van der Waals surface area contributed by atoms with E-state index in [0.717, 1.165) is 0 Å². The fourth-order valence-corrected chi connectivity index (χ4v) is 0.913. The largest absolute Gasteiger partial charge is 0.305 e. The number of nitrogens with one attached hydrogen (secondary N) is 1. The van der Waals surface area contributed by atoms with Crippen molar-refractivity contribution in [3.05, 3.63) is 12.7 Å². The van der Waals surface area contributed by atoms with Gasteiger partial charge in [0.05, 0.1) is 6.54 Å². The summed E-state index contributed by atoms with van der Waals surface area (Å²) in [5.74, 6) is -2.52. The maximum absolute atomic E-state index is 12.3. The minimum atomic E-state index is -2.52. The average Bonchev–Trinajstić information content (AvgIpc) is 2.34. The normalized spacial score (nSPS) is 27.1. The topological polar surface area (TPSA) is 12.0 Å². The van der Waals surface area contributed by atoms with Crippen LogP contribution >= 0.6 is 0 Å². The van der Waals surface area contributed by atoms with Gasteiger partial charge in [-0.25, -0.2) is 8.78 Å². The van der Waals surface area contributed by atoms with Crippen molar-refractivity contribution >= 4 is 0 Å². The fourth-order valence-electron chi connectivity index (χ4n) is 0.913. The van der Waals surface area contributed by atoms with Gasteiger partial charge in [0.25, 0.3) is 5.92 Å². The fraction of sp³-hybridized carbons (Fsp3) is 0.750. The second-order valence-corrected chi connectivity index (χ2v) is 2.28. The molecule has 0 aromatic carbocycles. The molecular formula is C8H15F2N. The van der Waals surface area contributed by atoms with E-state index in [1.54, 1.807) is 0 Å². The zero-order valence-corrected chi connectivity index (χ0v) is 7.03. The lowest BCUT2D eigenvalue weighted by molar-refractivity contribution is 0.0222. The van der Waals surface area contributed by atoms with E-state index < -0.39 is 5.92 Å². The molecule has 0 aromatic rings. The first-order valence-corrected chi connectivity index (χ1v) is 3.88. The third-order valence-corrected chi connectivity index (χ3v) is 1.43. The quantitative estimate of drug-likeness (QED) is 0.584. The van der Waals surface area contributed by atoms with E-state index in [1.165, 1.54) is 6.08 Å². The summed E-state index contributed by atoms with van der Waals surface area (Å²) in [5.41, 5.74) is 0. The summed E-state index contributed by atoms with van der Waals surface area (Å²) in [5, 5.41) is 2.63. The third kappa shape index (κ3) is 3.46. The lowest BCUT2D eigenvalue weighted by Crippen LogP contribution is -2.20. The molecule has 0 amide bonds. The molecule has 1 nitrogen and oxygen atoms in total. The van der Waals surface area contributed by atoms with Crippen LogP contribution in [0.2, 0.25) is 0 Å². The predicted octanol–water partition coefficient (Wildman–Crippen LogP) is 2.20. The van der Waals surface area contributed by atoms with Crippen LogP contribution in [0.1, 0.15) is 20.3 Å². The Balaban J connectivity index is 0.000000461. The standard InChI is InChI=1S/C6H9F2N.C2H6/c1-2-5-3-6(7,8)4-9-5;1-2/h2,5,9H,1,3-4H2;1-2H3. The van der Waals surface area contributed by atoms with Gasteiger partial charge in [-0.05, 0) is 0 Å². The maximum atomic E-state index is 12.3. The van der Waals surface area contributed by atoms with E-state index in [0.29, 0.717) is 0 Å². The van der Waals surface area contributed by atoms with Crippen LogP contribution in [0, 0.1) is 0 Å². The van der Waals surface area contributed by atoms with Crippen molar-refractivity contribution in [3.8, 4) is 0 Å². The summed E-state index contributed by atoms with van der Waals surface area (Å²) in [6.45, 7) is 7.21. The van der Waals surface area contributed by atoms with Gasteiger partial charge < -0.3 is 5.32 Å². The molecule has 1 heterocycles. The van der Waals surface area contributed by atoms with Crippen LogP contribution in [0.25, 0.3) is 0 Å². The summed E-state index contributed by atoms with van der Waals surface area (Å²) in [7, 11) is 0. The first-order chi connectivity index (χ1) is 5.14. The van der Waals surface area contributed by atoms with Crippen molar-refractivity contribution in [2.45, 2.75) is 32.2 Å². The van der Waals surface area contributed by atoms with Crippen LogP contribution in [-0.4, -0.2) is 18.5 Å². The lowest BCUT2D eigenvalue weighted by atomic mass is 10.2. The maximum Gasteiger partial charge on any atom is 0.262 e. The van der Waals surface area contributed by atoms with E-state index >= 15 is 0 Å². The van der Waals surface area contributed by atoms with Crippen molar-refractivity contribution in [1.29, 1.82) is 0 Å². The van der Waals surface area contributed by atoms with Gasteiger partial charge in [0.15, 0.2) is 0 Å². The molecule has 1 N–H and O–H groups in total. The van der Waals surface area contributed by atoms with Gasteiger partial charge in [-0.2, -0.15) is 0 Å². The Labute approximate surface area is 66.5 Å². The molecule has 1 rings (SSSR count). The first kappa shape index (κ1) is 10.6. The SMILES string of the molecule is C=CC1CC(F)(F)CN1.CC. The molecule has 0 spiro atoms. The van der Waals surface area contributed by atoms with Crippen LogP contribution in [0.5, 0.6) is 0 Å². The Kier molecular flexibility index (Phi) is 4.26. The molecule has 0 bridgehead atoms. The molecule has 0 radical (unpaired) electrons. The second kappa shape index (κ2) is 4.44. The second-order valence-electron chi connectivity index (χ2n) is 2.28. The van der Waals surface area contributed by atoms with Crippen molar-refractivity contribution in [2.24, 2.45) is 0 Å². The Morgan fingerprint density at radius 1 is 1.55 bits per heavy atom. The minimum Gasteiger partial charge on any atom is -0.305 e. The summed E-state index contributed by atoms with van der Waals surface area (Å²) < 4.78 is 24.5. The molecule has 0 aliphatic carbocycles. The number of alkyl halides is 2. The lowest BCUT2D eigenvalue weighted by Gasteiger charge is -2.03. The molecular weight excluding hydrogens is 148 g/mol. The highest BCUT2D eigenvalue weighted by atomic mass is 19.3. The molecule has 3 heteroatoms. The van der Waals surface area contributed by atoms with Gasteiger partial charge in [-0.1, -0.05) is 19.9 Å². The molecule has 11 heavy (non-hydrogen) atoms. The van der Waals surface area contributed by atoms with Crippen LogP contribution in [0.3, 0.4) is 0 Å². The molecule has 1 unspecified atom stereocenters. The molecule has 0 saturated carbocycles. The van der Waals surface area contributed by atoms with Gasteiger partial charge in [0, 0.05) is 12.5 Å². The Hall–Kier alpha value is -0.440. The van der Waals surface area contributed by atoms with Crippen LogP contribution in [0.15, 0.2) is 12.7 Å². The number of hydrogen-bond acceptors (Lipinski definition) is 1. The number of halogens is 2. The van der Waals surface area contributed by atoms with Gasteiger partial charge in [-0.3, -0.25) is 0 Å². The summed E-state index contributed by atoms with van der Waals surface area (Å²) in [6.07, 6.45) is 1.41. The van der Waals surface area contributed by atoms with E-state index in [4.69, 9.17) is 0 Å². The van der Waals surface area contributed by atoms with Crippen molar-refractivity contribution < 1.29 is 8.78 Å². The highest BCUT2D eigenvalue weighted by Crippen LogP contribution is 2.24. The highest BCUT2D eigenvalue weighted by Gasteiger charge is 2.37. The highest BCUT2D eigenvalue weighted by molar-refractivity contribution is 4.96. The number of hydrogen-bond donors (Lipinski definition) is 1.